The highest BCUT2D eigenvalue weighted by molar-refractivity contribution is 6.10. The van der Waals surface area contributed by atoms with Crippen LogP contribution in [0.2, 0.25) is 0 Å². The summed E-state index contributed by atoms with van der Waals surface area (Å²) in [5.74, 6) is 0.582. The van der Waals surface area contributed by atoms with Gasteiger partial charge in [-0.25, -0.2) is 0 Å². The van der Waals surface area contributed by atoms with E-state index in [0.717, 1.165) is 24.0 Å². The minimum absolute atomic E-state index is 0.144. The molecule has 1 saturated carbocycles. The van der Waals surface area contributed by atoms with Crippen molar-refractivity contribution in [2.24, 2.45) is 16.7 Å². The van der Waals surface area contributed by atoms with E-state index in [1.165, 1.54) is 12.0 Å². The molecule has 2 heteroatoms. The van der Waals surface area contributed by atoms with E-state index in [1.54, 1.807) is 0 Å². The molecular formula is C15H20O2. The largest absolute Gasteiger partial charge is 0.395 e. The average Bonchev–Trinajstić information content (AvgIpc) is 2.64. The Bertz CT molecular complexity index is 471. The highest BCUT2D eigenvalue weighted by atomic mass is 16.3. The number of aliphatic hydroxyl groups excluding tert-OH is 1. The van der Waals surface area contributed by atoms with Crippen molar-refractivity contribution in [3.8, 4) is 0 Å². The van der Waals surface area contributed by atoms with Gasteiger partial charge in [0.25, 0.3) is 0 Å². The first-order valence-electron chi connectivity index (χ1n) is 6.50. The SMILES string of the molecule is CC1=C2CC[C@]2(C)[C@H]2C[C@@](C)(CO)C=C2C1=O. The Morgan fingerprint density at radius 1 is 1.47 bits per heavy atom. The lowest BCUT2D eigenvalue weighted by Crippen LogP contribution is -2.44. The minimum Gasteiger partial charge on any atom is -0.395 e. The lowest BCUT2D eigenvalue weighted by molar-refractivity contribution is -0.114. The molecule has 3 aliphatic carbocycles. The standard InChI is InChI=1S/C15H20O2/c1-9-11-4-5-15(11,3)12-7-14(2,8-16)6-10(12)13(9)17/h6,12,16H,4-5,7-8H2,1-3H3/t12-,14-,15-/m0/s1. The zero-order valence-electron chi connectivity index (χ0n) is 10.8. The molecule has 3 aliphatic rings. The van der Waals surface area contributed by atoms with Gasteiger partial charge in [-0.05, 0) is 43.1 Å². The van der Waals surface area contributed by atoms with Crippen molar-refractivity contribution in [1.29, 1.82) is 0 Å². The van der Waals surface area contributed by atoms with E-state index >= 15 is 0 Å². The highest BCUT2D eigenvalue weighted by Gasteiger charge is 2.55. The second-order valence-electron chi connectivity index (χ2n) is 6.52. The van der Waals surface area contributed by atoms with Crippen molar-refractivity contribution in [2.75, 3.05) is 6.61 Å². The third kappa shape index (κ3) is 1.22. The molecule has 0 radical (unpaired) electrons. The number of carbonyl (C=O) groups is 1. The van der Waals surface area contributed by atoms with Crippen LogP contribution in [0.15, 0.2) is 22.8 Å². The number of carbonyl (C=O) groups excluding carboxylic acids is 1. The van der Waals surface area contributed by atoms with Crippen LogP contribution in [-0.4, -0.2) is 17.5 Å². The van der Waals surface area contributed by atoms with Gasteiger partial charge in [0.15, 0.2) is 5.78 Å². The Labute approximate surface area is 102 Å². The molecule has 17 heavy (non-hydrogen) atoms. The summed E-state index contributed by atoms with van der Waals surface area (Å²) in [5, 5.41) is 9.51. The van der Waals surface area contributed by atoms with E-state index in [2.05, 4.69) is 13.8 Å². The van der Waals surface area contributed by atoms with Crippen molar-refractivity contribution < 1.29 is 9.90 Å². The molecule has 0 bridgehead atoms. The molecule has 0 spiro atoms. The van der Waals surface area contributed by atoms with Crippen molar-refractivity contribution >= 4 is 5.78 Å². The van der Waals surface area contributed by atoms with Crippen LogP contribution in [0.3, 0.4) is 0 Å². The molecule has 0 aliphatic heterocycles. The second kappa shape index (κ2) is 3.11. The van der Waals surface area contributed by atoms with E-state index in [0.29, 0.717) is 5.92 Å². The molecular weight excluding hydrogens is 212 g/mol. The summed E-state index contributed by atoms with van der Waals surface area (Å²) >= 11 is 0. The highest BCUT2D eigenvalue weighted by Crippen LogP contribution is 2.63. The molecule has 0 unspecified atom stereocenters. The Morgan fingerprint density at radius 3 is 2.71 bits per heavy atom. The van der Waals surface area contributed by atoms with Crippen LogP contribution in [0.25, 0.3) is 0 Å². The summed E-state index contributed by atoms with van der Waals surface area (Å²) in [6, 6.07) is 0. The van der Waals surface area contributed by atoms with Gasteiger partial charge >= 0.3 is 0 Å². The molecule has 3 rings (SSSR count). The fraction of sp³-hybridized carbons (Fsp3) is 0.667. The topological polar surface area (TPSA) is 37.3 Å². The van der Waals surface area contributed by atoms with Crippen LogP contribution in [0, 0.1) is 16.7 Å². The molecule has 0 aromatic heterocycles. The molecule has 92 valence electrons. The Kier molecular flexibility index (Phi) is 2.05. The van der Waals surface area contributed by atoms with Gasteiger partial charge in [0.1, 0.15) is 0 Å². The molecule has 0 aromatic rings. The summed E-state index contributed by atoms with van der Waals surface area (Å²) in [4.78, 5) is 12.3. The van der Waals surface area contributed by atoms with E-state index in [1.807, 2.05) is 13.0 Å². The molecule has 2 nitrogen and oxygen atoms in total. The van der Waals surface area contributed by atoms with Gasteiger partial charge in [-0.15, -0.1) is 0 Å². The van der Waals surface area contributed by atoms with Gasteiger partial charge in [0, 0.05) is 11.0 Å². The summed E-state index contributed by atoms with van der Waals surface area (Å²) < 4.78 is 0. The van der Waals surface area contributed by atoms with Gasteiger partial charge in [-0.2, -0.15) is 0 Å². The molecule has 0 heterocycles. The van der Waals surface area contributed by atoms with E-state index < -0.39 is 0 Å². The first-order chi connectivity index (χ1) is 7.91. The average molecular weight is 232 g/mol. The summed E-state index contributed by atoms with van der Waals surface area (Å²) in [7, 11) is 0. The number of aliphatic hydroxyl groups is 1. The number of hydrogen-bond donors (Lipinski definition) is 1. The first-order valence-corrected chi connectivity index (χ1v) is 6.50. The number of ketones is 1. The monoisotopic (exact) mass is 232 g/mol. The third-order valence-corrected chi connectivity index (χ3v) is 5.32. The molecule has 0 saturated heterocycles. The number of Topliss-reactive ketones (excluding diaryl/α,β-unsaturated/α-hetero) is 1. The first kappa shape index (κ1) is 11.2. The number of allylic oxidation sites excluding steroid dienone is 3. The van der Waals surface area contributed by atoms with E-state index in [-0.39, 0.29) is 23.2 Å². The van der Waals surface area contributed by atoms with Gasteiger partial charge < -0.3 is 5.11 Å². The Hall–Kier alpha value is -0.890. The maximum atomic E-state index is 12.3. The smallest absolute Gasteiger partial charge is 0.184 e. The van der Waals surface area contributed by atoms with Crippen LogP contribution in [0.1, 0.15) is 40.0 Å². The lowest BCUT2D eigenvalue weighted by atomic mass is 9.52. The van der Waals surface area contributed by atoms with E-state index in [4.69, 9.17) is 0 Å². The number of fused-ring (bicyclic) bond motifs is 3. The maximum Gasteiger partial charge on any atom is 0.184 e. The van der Waals surface area contributed by atoms with Gasteiger partial charge in [-0.1, -0.05) is 25.5 Å². The van der Waals surface area contributed by atoms with Gasteiger partial charge in [0.05, 0.1) is 6.61 Å². The third-order valence-electron chi connectivity index (χ3n) is 5.32. The fourth-order valence-corrected chi connectivity index (χ4v) is 4.01. The van der Waals surface area contributed by atoms with Crippen LogP contribution in [0.5, 0.6) is 0 Å². The molecule has 0 amide bonds. The quantitative estimate of drug-likeness (QED) is 0.754. The number of hydrogen-bond acceptors (Lipinski definition) is 2. The summed E-state index contributed by atoms with van der Waals surface area (Å²) in [6.07, 6.45) is 5.26. The van der Waals surface area contributed by atoms with Gasteiger partial charge in [0.2, 0.25) is 0 Å². The van der Waals surface area contributed by atoms with Crippen LogP contribution in [0.4, 0.5) is 0 Å². The second-order valence-corrected chi connectivity index (χ2v) is 6.52. The van der Waals surface area contributed by atoms with Crippen molar-refractivity contribution in [3.63, 3.8) is 0 Å². The molecule has 1 N–H and O–H groups in total. The van der Waals surface area contributed by atoms with Crippen LogP contribution >= 0.6 is 0 Å². The van der Waals surface area contributed by atoms with Crippen LogP contribution < -0.4 is 0 Å². The number of rotatable bonds is 1. The molecule has 1 fully saturated rings. The Morgan fingerprint density at radius 2 is 2.18 bits per heavy atom. The van der Waals surface area contributed by atoms with Gasteiger partial charge in [-0.3, -0.25) is 4.79 Å². The maximum absolute atomic E-state index is 12.3. The minimum atomic E-state index is -0.190. The van der Waals surface area contributed by atoms with Crippen molar-refractivity contribution in [1.82, 2.24) is 0 Å². The zero-order valence-corrected chi connectivity index (χ0v) is 10.8. The lowest BCUT2D eigenvalue weighted by Gasteiger charge is -2.51. The van der Waals surface area contributed by atoms with E-state index in [9.17, 15) is 9.90 Å². The molecule has 0 aromatic carbocycles. The van der Waals surface area contributed by atoms with Crippen LogP contribution in [-0.2, 0) is 4.79 Å². The summed E-state index contributed by atoms with van der Waals surface area (Å²) in [5.41, 5.74) is 3.35. The summed E-state index contributed by atoms with van der Waals surface area (Å²) in [6.45, 7) is 6.47. The Balaban J connectivity index is 2.11. The van der Waals surface area contributed by atoms with Crippen molar-refractivity contribution in [2.45, 2.75) is 40.0 Å². The molecule has 3 atom stereocenters. The predicted molar refractivity (Wildman–Crippen MR) is 66.4 cm³/mol. The predicted octanol–water partition coefficient (Wildman–Crippen LogP) is 2.63. The fourth-order valence-electron chi connectivity index (χ4n) is 4.01. The zero-order chi connectivity index (χ0) is 12.4. The normalized spacial score (nSPS) is 44.1. The van der Waals surface area contributed by atoms with Crippen molar-refractivity contribution in [3.05, 3.63) is 22.8 Å².